The highest BCUT2D eigenvalue weighted by Gasteiger charge is 2.27. The SMILES string of the molecule is O=C(NCc1ccc(COCC(F)(F)F)cc1)N1CCN(Cc2cccs2)CC1. The molecule has 0 bridgehead atoms. The highest BCUT2D eigenvalue weighted by Crippen LogP contribution is 2.16. The van der Waals surface area contributed by atoms with Gasteiger partial charge >= 0.3 is 12.2 Å². The molecule has 2 amide bonds. The van der Waals surface area contributed by atoms with Crippen LogP contribution in [0.1, 0.15) is 16.0 Å². The van der Waals surface area contributed by atoms with E-state index in [2.05, 4.69) is 26.4 Å². The number of hydrogen-bond acceptors (Lipinski definition) is 4. The lowest BCUT2D eigenvalue weighted by atomic mass is 10.1. The van der Waals surface area contributed by atoms with Crippen molar-refractivity contribution in [1.29, 1.82) is 0 Å². The number of carbonyl (C=O) groups excluding carboxylic acids is 1. The Labute approximate surface area is 172 Å². The minimum absolute atomic E-state index is 0.0953. The van der Waals surface area contributed by atoms with Crippen molar-refractivity contribution in [1.82, 2.24) is 15.1 Å². The smallest absolute Gasteiger partial charge is 0.367 e. The Bertz CT molecular complexity index is 758. The van der Waals surface area contributed by atoms with Crippen LogP contribution in [0.4, 0.5) is 18.0 Å². The minimum Gasteiger partial charge on any atom is -0.367 e. The molecule has 2 heterocycles. The van der Waals surface area contributed by atoms with Gasteiger partial charge < -0.3 is 15.0 Å². The molecular weight excluding hydrogens is 403 g/mol. The zero-order valence-corrected chi connectivity index (χ0v) is 16.8. The number of amides is 2. The fourth-order valence-electron chi connectivity index (χ4n) is 3.06. The summed E-state index contributed by atoms with van der Waals surface area (Å²) in [4.78, 5) is 17.9. The molecule has 3 rings (SSSR count). The molecule has 0 unspecified atom stereocenters. The second-order valence-corrected chi connectivity index (χ2v) is 7.96. The summed E-state index contributed by atoms with van der Waals surface area (Å²) in [6.07, 6.45) is -4.32. The monoisotopic (exact) mass is 427 g/mol. The van der Waals surface area contributed by atoms with Crippen molar-refractivity contribution in [2.24, 2.45) is 0 Å². The van der Waals surface area contributed by atoms with Gasteiger partial charge in [-0.3, -0.25) is 4.90 Å². The molecule has 1 aromatic carbocycles. The number of ether oxygens (including phenoxy) is 1. The number of carbonyl (C=O) groups is 1. The summed E-state index contributed by atoms with van der Waals surface area (Å²) in [5, 5.41) is 4.97. The van der Waals surface area contributed by atoms with Crippen molar-refractivity contribution >= 4 is 17.4 Å². The third-order valence-corrected chi connectivity index (χ3v) is 5.48. The quantitative estimate of drug-likeness (QED) is 0.730. The first-order valence-electron chi connectivity index (χ1n) is 9.39. The van der Waals surface area contributed by atoms with Crippen LogP contribution in [0.25, 0.3) is 0 Å². The second kappa shape index (κ2) is 10.1. The molecule has 0 aliphatic carbocycles. The first-order chi connectivity index (χ1) is 13.9. The number of rotatable bonds is 7. The molecule has 29 heavy (non-hydrogen) atoms. The molecule has 158 valence electrons. The normalized spacial score (nSPS) is 15.5. The number of hydrogen-bond donors (Lipinski definition) is 1. The Morgan fingerprint density at radius 1 is 1.07 bits per heavy atom. The lowest BCUT2D eigenvalue weighted by Gasteiger charge is -2.34. The molecule has 1 N–H and O–H groups in total. The maximum Gasteiger partial charge on any atom is 0.411 e. The van der Waals surface area contributed by atoms with E-state index in [0.29, 0.717) is 25.2 Å². The van der Waals surface area contributed by atoms with Gasteiger partial charge in [0.25, 0.3) is 0 Å². The summed E-state index contributed by atoms with van der Waals surface area (Å²) >= 11 is 1.74. The van der Waals surface area contributed by atoms with Crippen LogP contribution in [-0.4, -0.2) is 54.8 Å². The van der Waals surface area contributed by atoms with E-state index < -0.39 is 12.8 Å². The summed E-state index contributed by atoms with van der Waals surface area (Å²) in [5.41, 5.74) is 1.54. The second-order valence-electron chi connectivity index (χ2n) is 6.93. The van der Waals surface area contributed by atoms with Gasteiger partial charge in [0.15, 0.2) is 0 Å². The van der Waals surface area contributed by atoms with E-state index in [1.165, 1.54) is 4.88 Å². The summed E-state index contributed by atoms with van der Waals surface area (Å²) in [7, 11) is 0. The number of thiophene rings is 1. The average molecular weight is 427 g/mol. The summed E-state index contributed by atoms with van der Waals surface area (Å²) < 4.78 is 40.9. The molecule has 1 saturated heterocycles. The molecule has 0 spiro atoms. The Morgan fingerprint density at radius 3 is 2.38 bits per heavy atom. The lowest BCUT2D eigenvalue weighted by Crippen LogP contribution is -2.51. The number of alkyl halides is 3. The van der Waals surface area contributed by atoms with Gasteiger partial charge in [-0.1, -0.05) is 30.3 Å². The standard InChI is InChI=1S/C20H24F3N3O2S/c21-20(22,23)15-28-14-17-5-3-16(4-6-17)12-24-19(27)26-9-7-25(8-10-26)13-18-2-1-11-29-18/h1-6,11H,7-10,12-15H2,(H,24,27). The highest BCUT2D eigenvalue weighted by molar-refractivity contribution is 7.09. The zero-order chi connectivity index (χ0) is 20.7. The van der Waals surface area contributed by atoms with Crippen molar-refractivity contribution < 1.29 is 22.7 Å². The zero-order valence-electron chi connectivity index (χ0n) is 16.0. The van der Waals surface area contributed by atoms with Crippen LogP contribution < -0.4 is 5.32 Å². The molecule has 1 fully saturated rings. The van der Waals surface area contributed by atoms with Crippen molar-refractivity contribution in [3.63, 3.8) is 0 Å². The number of nitrogens with zero attached hydrogens (tertiary/aromatic N) is 2. The van der Waals surface area contributed by atoms with Gasteiger partial charge in [0.1, 0.15) is 6.61 Å². The van der Waals surface area contributed by atoms with Gasteiger partial charge in [0, 0.05) is 44.1 Å². The van der Waals surface area contributed by atoms with Crippen molar-refractivity contribution in [3.05, 3.63) is 57.8 Å². The van der Waals surface area contributed by atoms with E-state index in [-0.39, 0.29) is 12.6 Å². The topological polar surface area (TPSA) is 44.8 Å². The molecule has 0 radical (unpaired) electrons. The number of urea groups is 1. The fourth-order valence-corrected chi connectivity index (χ4v) is 3.81. The van der Waals surface area contributed by atoms with Crippen LogP contribution in [0.3, 0.4) is 0 Å². The average Bonchev–Trinajstić information content (AvgIpc) is 3.20. The van der Waals surface area contributed by atoms with Crippen LogP contribution in [-0.2, 0) is 24.4 Å². The molecule has 1 aliphatic rings. The number of halogens is 3. The summed E-state index contributed by atoms with van der Waals surface area (Å²) in [5.74, 6) is 0. The van der Waals surface area contributed by atoms with Crippen LogP contribution in [0.5, 0.6) is 0 Å². The largest absolute Gasteiger partial charge is 0.411 e. The van der Waals surface area contributed by atoms with E-state index in [0.717, 1.165) is 25.2 Å². The van der Waals surface area contributed by atoms with Crippen molar-refractivity contribution in [3.8, 4) is 0 Å². The molecular formula is C20H24F3N3O2S. The van der Waals surface area contributed by atoms with Gasteiger partial charge in [-0.05, 0) is 22.6 Å². The van der Waals surface area contributed by atoms with Gasteiger partial charge in [0.05, 0.1) is 6.61 Å². The molecule has 5 nitrogen and oxygen atoms in total. The first kappa shape index (κ1) is 21.6. The van der Waals surface area contributed by atoms with Gasteiger partial charge in [-0.25, -0.2) is 4.79 Å². The number of benzene rings is 1. The van der Waals surface area contributed by atoms with Crippen LogP contribution in [0.2, 0.25) is 0 Å². The van der Waals surface area contributed by atoms with Crippen LogP contribution in [0, 0.1) is 0 Å². The van der Waals surface area contributed by atoms with Gasteiger partial charge in [-0.2, -0.15) is 13.2 Å². The van der Waals surface area contributed by atoms with E-state index in [1.807, 2.05) is 11.0 Å². The summed E-state index contributed by atoms with van der Waals surface area (Å²) in [6.45, 7) is 3.01. The number of nitrogens with one attached hydrogen (secondary N) is 1. The predicted molar refractivity (Wildman–Crippen MR) is 106 cm³/mol. The maximum absolute atomic E-state index is 12.4. The third-order valence-electron chi connectivity index (χ3n) is 4.62. The molecule has 0 saturated carbocycles. The Morgan fingerprint density at radius 2 is 1.76 bits per heavy atom. The van der Waals surface area contributed by atoms with Gasteiger partial charge in [0.2, 0.25) is 0 Å². The fraction of sp³-hybridized carbons (Fsp3) is 0.450. The van der Waals surface area contributed by atoms with Crippen molar-refractivity contribution in [2.45, 2.75) is 25.9 Å². The Kier molecular flexibility index (Phi) is 7.51. The number of piperazine rings is 1. The maximum atomic E-state index is 12.4. The molecule has 1 aliphatic heterocycles. The lowest BCUT2D eigenvalue weighted by molar-refractivity contribution is -0.176. The molecule has 9 heteroatoms. The minimum atomic E-state index is -4.32. The molecule has 1 aromatic heterocycles. The van der Waals surface area contributed by atoms with E-state index >= 15 is 0 Å². The van der Waals surface area contributed by atoms with E-state index in [4.69, 9.17) is 0 Å². The third kappa shape index (κ3) is 7.34. The first-order valence-corrected chi connectivity index (χ1v) is 10.3. The highest BCUT2D eigenvalue weighted by atomic mass is 32.1. The Hall–Kier alpha value is -2.10. The predicted octanol–water partition coefficient (Wildman–Crippen LogP) is 3.85. The van der Waals surface area contributed by atoms with Gasteiger partial charge in [-0.15, -0.1) is 11.3 Å². The van der Waals surface area contributed by atoms with Crippen LogP contribution >= 0.6 is 11.3 Å². The van der Waals surface area contributed by atoms with E-state index in [1.54, 1.807) is 35.6 Å². The summed E-state index contributed by atoms with van der Waals surface area (Å²) in [6, 6.07) is 11.1. The molecule has 2 aromatic rings. The van der Waals surface area contributed by atoms with Crippen molar-refractivity contribution in [2.75, 3.05) is 32.8 Å². The molecule has 0 atom stereocenters. The van der Waals surface area contributed by atoms with E-state index in [9.17, 15) is 18.0 Å². The van der Waals surface area contributed by atoms with Crippen LogP contribution in [0.15, 0.2) is 41.8 Å². The Balaban J connectivity index is 1.36.